The number of anilines is 3. The zero-order chi connectivity index (χ0) is 35.1. The van der Waals surface area contributed by atoms with Crippen molar-refractivity contribution in [2.45, 2.75) is 58.9 Å². The van der Waals surface area contributed by atoms with Gasteiger partial charge in [0.15, 0.2) is 0 Å². The number of fused-ring (bicyclic) bond motifs is 3. The summed E-state index contributed by atoms with van der Waals surface area (Å²) in [5.41, 5.74) is 8.70. The fourth-order valence-electron chi connectivity index (χ4n) is 7.48. The van der Waals surface area contributed by atoms with Gasteiger partial charge in [0.05, 0.1) is 34.3 Å². The molecule has 4 aromatic rings. The number of carbonyl (C=O) groups is 2. The highest BCUT2D eigenvalue weighted by molar-refractivity contribution is 6.34. The Morgan fingerprint density at radius 3 is 2.49 bits per heavy atom. The number of nitrogens with one attached hydrogen (secondary N) is 3. The molecule has 1 aromatic heterocycles. The number of nitrogens with zero attached hydrogens (tertiary/aromatic N) is 3. The monoisotopic (exact) mass is 702 g/mol. The summed E-state index contributed by atoms with van der Waals surface area (Å²) in [5.74, 6) is -0.722. The normalized spacial score (nSPS) is 17.1. The largest absolute Gasteiger partial charge is 0.494 e. The van der Waals surface area contributed by atoms with Crippen LogP contribution in [0.2, 0.25) is 10.0 Å². The van der Waals surface area contributed by atoms with Gasteiger partial charge in [0.2, 0.25) is 5.91 Å². The van der Waals surface area contributed by atoms with Gasteiger partial charge in [-0.3, -0.25) is 9.89 Å². The van der Waals surface area contributed by atoms with E-state index < -0.39 is 12.0 Å². The Labute approximate surface area is 295 Å². The smallest absolute Gasteiger partial charge is 0.335 e. The molecule has 4 N–H and O–H groups in total. The first-order valence-corrected chi connectivity index (χ1v) is 17.1. The minimum atomic E-state index is -1.11. The fraction of sp³-hybridized carbons (Fsp3) is 0.351. The van der Waals surface area contributed by atoms with Crippen LogP contribution in [0.5, 0.6) is 5.75 Å². The number of hydrogen-bond acceptors (Lipinski definition) is 7. The molecule has 1 amide bonds. The Hall–Kier alpha value is -4.54. The van der Waals surface area contributed by atoms with Crippen molar-refractivity contribution >= 4 is 58.4 Å². The molecule has 3 aromatic carbocycles. The van der Waals surface area contributed by atoms with E-state index in [2.05, 4.69) is 20.4 Å². The number of aromatic carboxylic acids is 1. The van der Waals surface area contributed by atoms with Gasteiger partial charge >= 0.3 is 5.97 Å². The van der Waals surface area contributed by atoms with E-state index in [1.165, 1.54) is 18.3 Å². The molecule has 0 radical (unpaired) electrons. The number of hydrogen-bond donors (Lipinski definition) is 4. The topological polar surface area (TPSA) is 135 Å². The van der Waals surface area contributed by atoms with Crippen molar-refractivity contribution < 1.29 is 19.4 Å². The van der Waals surface area contributed by atoms with Crippen LogP contribution in [0.15, 0.2) is 36.4 Å². The highest BCUT2D eigenvalue weighted by Crippen LogP contribution is 2.53. The third-order valence-corrected chi connectivity index (χ3v) is 10.6. The molecule has 12 heteroatoms. The molecule has 0 bridgehead atoms. The van der Waals surface area contributed by atoms with E-state index in [0.29, 0.717) is 60.9 Å². The summed E-state index contributed by atoms with van der Waals surface area (Å²) in [5, 5.41) is 30.0. The summed E-state index contributed by atoms with van der Waals surface area (Å²) in [4.78, 5) is 31.0. The average molecular weight is 704 g/mol. The van der Waals surface area contributed by atoms with Crippen LogP contribution in [0.25, 0.3) is 11.1 Å². The molecule has 2 aliphatic rings. The maximum atomic E-state index is 15.0. The average Bonchev–Trinajstić information content (AvgIpc) is 3.51. The summed E-state index contributed by atoms with van der Waals surface area (Å²) in [6.45, 7) is 9.21. The molecule has 6 rings (SSSR count). The molecule has 0 spiro atoms. The first kappa shape index (κ1) is 34.3. The van der Waals surface area contributed by atoms with Crippen LogP contribution in [0, 0.1) is 33.1 Å². The summed E-state index contributed by atoms with van der Waals surface area (Å²) in [7, 11) is 1.67. The Balaban J connectivity index is 1.42. The molecule has 1 saturated heterocycles. The fourth-order valence-corrected chi connectivity index (χ4v) is 7.83. The van der Waals surface area contributed by atoms with E-state index >= 15 is 0 Å². The van der Waals surface area contributed by atoms with Crippen molar-refractivity contribution in [1.29, 1.82) is 5.41 Å². The Morgan fingerprint density at radius 1 is 1.12 bits per heavy atom. The third-order valence-electron chi connectivity index (χ3n) is 9.69. The van der Waals surface area contributed by atoms with Crippen LogP contribution in [0.1, 0.15) is 69.2 Å². The van der Waals surface area contributed by atoms with E-state index in [-0.39, 0.29) is 17.4 Å². The second-order valence-electron chi connectivity index (χ2n) is 12.8. The number of aromatic amines is 1. The zero-order valence-corrected chi connectivity index (χ0v) is 29.7. The Morgan fingerprint density at radius 2 is 1.86 bits per heavy atom. The predicted molar refractivity (Wildman–Crippen MR) is 196 cm³/mol. The van der Waals surface area contributed by atoms with Crippen LogP contribution >= 0.6 is 23.2 Å². The number of amides is 1. The van der Waals surface area contributed by atoms with E-state index in [1.54, 1.807) is 11.9 Å². The third kappa shape index (κ3) is 6.12. The minimum absolute atomic E-state index is 0.0370. The van der Waals surface area contributed by atoms with Crippen molar-refractivity contribution in [3.05, 3.63) is 85.6 Å². The summed E-state index contributed by atoms with van der Waals surface area (Å²) in [6.07, 6.45) is 3.11. The van der Waals surface area contributed by atoms with Gasteiger partial charge in [-0.25, -0.2) is 4.79 Å². The van der Waals surface area contributed by atoms with E-state index in [4.69, 9.17) is 33.3 Å². The van der Waals surface area contributed by atoms with E-state index in [0.717, 1.165) is 55.7 Å². The number of benzene rings is 3. The van der Waals surface area contributed by atoms with E-state index in [1.807, 2.05) is 52.0 Å². The molecule has 2 unspecified atom stereocenters. The van der Waals surface area contributed by atoms with Crippen LogP contribution < -0.4 is 19.9 Å². The molecular weight excluding hydrogens is 663 g/mol. The van der Waals surface area contributed by atoms with Crippen LogP contribution in [-0.4, -0.2) is 66.2 Å². The highest BCUT2D eigenvalue weighted by atomic mass is 35.5. The Bertz CT molecular complexity index is 1930. The van der Waals surface area contributed by atoms with Gasteiger partial charge in [-0.15, -0.1) is 0 Å². The molecule has 2 aliphatic heterocycles. The molecule has 49 heavy (non-hydrogen) atoms. The van der Waals surface area contributed by atoms with Crippen molar-refractivity contribution in [1.82, 2.24) is 10.2 Å². The second kappa shape index (κ2) is 13.8. The van der Waals surface area contributed by atoms with Gasteiger partial charge in [0.25, 0.3) is 0 Å². The van der Waals surface area contributed by atoms with Crippen LogP contribution in [0.4, 0.5) is 17.1 Å². The number of aromatic nitrogens is 2. The number of H-pyrrole nitrogens is 1. The number of carboxylic acids is 1. The van der Waals surface area contributed by atoms with Gasteiger partial charge in [0, 0.05) is 65.4 Å². The SMILES string of the molecule is CNc1cc(C(=O)O)cc(N2CCCN3c4c(ccc(Cl)c4-c4c(C)n[nH]c4C)C(CCCOc4cc(C)c(Cl)c(C)c4)C3C2=O)c1C=N. The van der Waals surface area contributed by atoms with Gasteiger partial charge in [-0.05, 0) is 94.0 Å². The molecule has 10 nitrogen and oxygen atoms in total. The van der Waals surface area contributed by atoms with Gasteiger partial charge < -0.3 is 30.4 Å². The quantitative estimate of drug-likeness (QED) is 0.0974. The Kier molecular flexibility index (Phi) is 9.64. The minimum Gasteiger partial charge on any atom is -0.494 e. The van der Waals surface area contributed by atoms with Gasteiger partial charge in [0.1, 0.15) is 11.8 Å². The highest BCUT2D eigenvalue weighted by Gasteiger charge is 2.47. The lowest BCUT2D eigenvalue weighted by molar-refractivity contribution is -0.120. The second-order valence-corrected chi connectivity index (χ2v) is 13.6. The molecule has 2 atom stereocenters. The lowest BCUT2D eigenvalue weighted by Crippen LogP contribution is -2.46. The summed E-state index contributed by atoms with van der Waals surface area (Å²) >= 11 is 13.4. The predicted octanol–water partition coefficient (Wildman–Crippen LogP) is 7.92. The van der Waals surface area contributed by atoms with Crippen LogP contribution in [0.3, 0.4) is 0 Å². The molecular formula is C37H40Cl2N6O4. The first-order chi connectivity index (χ1) is 23.5. The van der Waals surface area contributed by atoms with Crippen LogP contribution in [-0.2, 0) is 4.79 Å². The molecule has 0 aliphatic carbocycles. The number of ether oxygens (including phenoxy) is 1. The first-order valence-electron chi connectivity index (χ1n) is 16.4. The molecule has 0 saturated carbocycles. The van der Waals surface area contributed by atoms with Gasteiger partial charge in [-0.2, -0.15) is 5.10 Å². The maximum absolute atomic E-state index is 15.0. The number of halogens is 2. The standard InChI is InChI=1S/C37H40Cl2N6O4/c1-19-14-24(15-20(2)33(19)39)49-13-6-8-25-26-9-10-28(38)32(31-21(3)42-43-22(31)4)34(26)45-12-7-11-44(36(46)35(25)45)30-17-23(37(47)48)16-29(41-5)27(30)18-40/h9-10,14-18,25,35,40-41H,6-8,11-13H2,1-5H3,(H,42,43)(H,47,48). The lowest BCUT2D eigenvalue weighted by atomic mass is 9.88. The number of aryl methyl sites for hydroxylation is 4. The molecule has 1 fully saturated rings. The number of carboxylic acid groups (broad SMARTS) is 1. The maximum Gasteiger partial charge on any atom is 0.335 e. The van der Waals surface area contributed by atoms with Crippen molar-refractivity contribution in [2.24, 2.45) is 0 Å². The van der Waals surface area contributed by atoms with Crippen molar-refractivity contribution in [3.8, 4) is 16.9 Å². The lowest BCUT2D eigenvalue weighted by Gasteiger charge is -2.31. The number of rotatable bonds is 10. The molecule has 256 valence electrons. The zero-order valence-electron chi connectivity index (χ0n) is 28.2. The van der Waals surface area contributed by atoms with Crippen molar-refractivity contribution in [2.75, 3.05) is 41.9 Å². The van der Waals surface area contributed by atoms with E-state index in [9.17, 15) is 14.7 Å². The summed E-state index contributed by atoms with van der Waals surface area (Å²) < 4.78 is 6.18. The van der Waals surface area contributed by atoms with Crippen molar-refractivity contribution in [3.63, 3.8) is 0 Å². The summed E-state index contributed by atoms with van der Waals surface area (Å²) in [6, 6.07) is 10.2. The number of carbonyl (C=O) groups excluding carboxylic acids is 1. The van der Waals surface area contributed by atoms with Gasteiger partial charge in [-0.1, -0.05) is 29.3 Å². The molecule has 3 heterocycles.